The van der Waals surface area contributed by atoms with Crippen molar-refractivity contribution in [2.75, 3.05) is 12.4 Å². The third-order valence-corrected chi connectivity index (χ3v) is 5.48. The van der Waals surface area contributed by atoms with E-state index in [1.54, 1.807) is 49.6 Å². The molecule has 0 atom stereocenters. The van der Waals surface area contributed by atoms with Crippen LogP contribution in [0.3, 0.4) is 0 Å². The first-order chi connectivity index (χ1) is 16.6. The Bertz CT molecular complexity index is 1400. The highest BCUT2D eigenvalue weighted by atomic mass is 35.5. The highest BCUT2D eigenvalue weighted by molar-refractivity contribution is 6.30. The van der Waals surface area contributed by atoms with Gasteiger partial charge in [0.05, 0.1) is 7.11 Å². The van der Waals surface area contributed by atoms with Crippen molar-refractivity contribution in [3.63, 3.8) is 0 Å². The highest BCUT2D eigenvalue weighted by Gasteiger charge is 2.12. The van der Waals surface area contributed by atoms with E-state index in [1.807, 2.05) is 30.3 Å². The number of rotatable bonds is 7. The Kier molecular flexibility index (Phi) is 7.12. The van der Waals surface area contributed by atoms with Crippen LogP contribution in [0.1, 0.15) is 11.1 Å². The van der Waals surface area contributed by atoms with E-state index in [0.717, 1.165) is 16.3 Å². The SMILES string of the molecule is COc1cc(/C=C(/C#N)C(=O)Nc2ccc(Cl)cc2)ccc1OCc1cccc2ccccc12. The summed E-state index contributed by atoms with van der Waals surface area (Å²) in [5, 5.41) is 15.0. The van der Waals surface area contributed by atoms with Crippen molar-refractivity contribution in [1.29, 1.82) is 5.26 Å². The van der Waals surface area contributed by atoms with Crippen LogP contribution in [0.4, 0.5) is 5.69 Å². The molecule has 5 nitrogen and oxygen atoms in total. The quantitative estimate of drug-likeness (QED) is 0.244. The lowest BCUT2D eigenvalue weighted by atomic mass is 10.1. The standard InChI is InChI=1S/C28H21ClN2O3/c1-33-27-16-19(15-22(17-30)28(32)31-24-12-10-23(29)11-13-24)9-14-26(27)34-18-21-7-4-6-20-5-2-3-8-25(20)21/h2-16H,18H2,1H3,(H,31,32)/b22-15-. The number of benzene rings is 4. The van der Waals surface area contributed by atoms with E-state index >= 15 is 0 Å². The number of nitrogens with one attached hydrogen (secondary N) is 1. The van der Waals surface area contributed by atoms with E-state index in [2.05, 4.69) is 23.5 Å². The first kappa shape index (κ1) is 22.9. The van der Waals surface area contributed by atoms with Crippen molar-refractivity contribution in [2.24, 2.45) is 0 Å². The van der Waals surface area contributed by atoms with Crippen LogP contribution in [0.2, 0.25) is 5.02 Å². The van der Waals surface area contributed by atoms with Crippen LogP contribution in [0, 0.1) is 11.3 Å². The second kappa shape index (κ2) is 10.6. The monoisotopic (exact) mass is 468 g/mol. The fourth-order valence-corrected chi connectivity index (χ4v) is 3.64. The largest absolute Gasteiger partial charge is 0.493 e. The molecule has 0 aliphatic rings. The fourth-order valence-electron chi connectivity index (χ4n) is 3.51. The number of hydrogen-bond donors (Lipinski definition) is 1. The zero-order chi connectivity index (χ0) is 23.9. The molecular weight excluding hydrogens is 448 g/mol. The maximum Gasteiger partial charge on any atom is 0.266 e. The predicted octanol–water partition coefficient (Wildman–Crippen LogP) is 6.63. The van der Waals surface area contributed by atoms with Gasteiger partial charge in [-0.2, -0.15) is 5.26 Å². The van der Waals surface area contributed by atoms with Gasteiger partial charge in [-0.25, -0.2) is 0 Å². The summed E-state index contributed by atoms with van der Waals surface area (Å²) in [6.45, 7) is 0.375. The molecule has 0 aromatic heterocycles. The summed E-state index contributed by atoms with van der Waals surface area (Å²) >= 11 is 5.87. The minimum absolute atomic E-state index is 0.0403. The molecule has 168 valence electrons. The van der Waals surface area contributed by atoms with Crippen LogP contribution in [0.15, 0.2) is 90.5 Å². The summed E-state index contributed by atoms with van der Waals surface area (Å²) in [5.74, 6) is 0.557. The minimum Gasteiger partial charge on any atom is -0.493 e. The van der Waals surface area contributed by atoms with Crippen molar-refractivity contribution in [1.82, 2.24) is 0 Å². The van der Waals surface area contributed by atoms with Crippen LogP contribution in [0.25, 0.3) is 16.8 Å². The smallest absolute Gasteiger partial charge is 0.266 e. The fraction of sp³-hybridized carbons (Fsp3) is 0.0714. The third-order valence-electron chi connectivity index (χ3n) is 5.23. The number of nitrogens with zero attached hydrogens (tertiary/aromatic N) is 1. The highest BCUT2D eigenvalue weighted by Crippen LogP contribution is 2.30. The molecule has 0 bridgehead atoms. The zero-order valence-electron chi connectivity index (χ0n) is 18.4. The number of halogens is 1. The van der Waals surface area contributed by atoms with Gasteiger partial charge in [0, 0.05) is 10.7 Å². The van der Waals surface area contributed by atoms with Crippen LogP contribution in [-0.4, -0.2) is 13.0 Å². The molecule has 0 radical (unpaired) electrons. The average molecular weight is 469 g/mol. The number of anilines is 1. The Morgan fingerprint density at radius 3 is 2.53 bits per heavy atom. The van der Waals surface area contributed by atoms with Gasteiger partial charge >= 0.3 is 0 Å². The maximum atomic E-state index is 12.5. The number of carbonyl (C=O) groups is 1. The summed E-state index contributed by atoms with van der Waals surface area (Å²) in [6, 6.07) is 28.1. The Morgan fingerprint density at radius 1 is 1.00 bits per heavy atom. The van der Waals surface area contributed by atoms with Crippen molar-refractivity contribution in [2.45, 2.75) is 6.61 Å². The van der Waals surface area contributed by atoms with Crippen molar-refractivity contribution in [3.05, 3.63) is 107 Å². The second-order valence-electron chi connectivity index (χ2n) is 7.47. The van der Waals surface area contributed by atoms with Crippen LogP contribution < -0.4 is 14.8 Å². The minimum atomic E-state index is -0.514. The lowest BCUT2D eigenvalue weighted by Crippen LogP contribution is -2.13. The molecule has 0 heterocycles. The summed E-state index contributed by atoms with van der Waals surface area (Å²) < 4.78 is 11.5. The molecule has 1 N–H and O–H groups in total. The lowest BCUT2D eigenvalue weighted by molar-refractivity contribution is -0.112. The molecule has 0 aliphatic heterocycles. The van der Waals surface area contributed by atoms with E-state index in [1.165, 1.54) is 6.08 Å². The lowest BCUT2D eigenvalue weighted by Gasteiger charge is -2.13. The van der Waals surface area contributed by atoms with Crippen molar-refractivity contribution >= 4 is 40.0 Å². The number of hydrogen-bond acceptors (Lipinski definition) is 4. The normalized spacial score (nSPS) is 11.0. The molecule has 4 aromatic carbocycles. The van der Waals surface area contributed by atoms with Gasteiger partial charge in [0.2, 0.25) is 0 Å². The van der Waals surface area contributed by atoms with Gasteiger partial charge in [0.15, 0.2) is 11.5 Å². The molecule has 4 rings (SSSR count). The number of amides is 1. The molecule has 0 saturated carbocycles. The molecule has 1 amide bonds. The summed E-state index contributed by atoms with van der Waals surface area (Å²) in [7, 11) is 1.55. The number of ether oxygens (including phenoxy) is 2. The van der Waals surface area contributed by atoms with Gasteiger partial charge in [-0.1, -0.05) is 60.1 Å². The Labute approximate surface area is 202 Å². The van der Waals surface area contributed by atoms with Crippen LogP contribution in [-0.2, 0) is 11.4 Å². The van der Waals surface area contributed by atoms with Crippen molar-refractivity contribution < 1.29 is 14.3 Å². The molecule has 0 spiro atoms. The van der Waals surface area contributed by atoms with Gasteiger partial charge in [-0.3, -0.25) is 4.79 Å². The van der Waals surface area contributed by atoms with E-state index in [0.29, 0.717) is 34.4 Å². The van der Waals surface area contributed by atoms with E-state index in [-0.39, 0.29) is 5.57 Å². The number of carbonyl (C=O) groups excluding carboxylic acids is 1. The number of nitriles is 1. The predicted molar refractivity (Wildman–Crippen MR) is 135 cm³/mol. The molecular formula is C28H21ClN2O3. The van der Waals surface area contributed by atoms with E-state index in [4.69, 9.17) is 21.1 Å². The Morgan fingerprint density at radius 2 is 1.76 bits per heavy atom. The number of fused-ring (bicyclic) bond motifs is 1. The molecule has 0 fully saturated rings. The van der Waals surface area contributed by atoms with Crippen molar-refractivity contribution in [3.8, 4) is 17.6 Å². The zero-order valence-corrected chi connectivity index (χ0v) is 19.2. The van der Waals surface area contributed by atoms with Gasteiger partial charge in [-0.15, -0.1) is 0 Å². The first-order valence-electron chi connectivity index (χ1n) is 10.5. The van der Waals surface area contributed by atoms with Gasteiger partial charge in [0.25, 0.3) is 5.91 Å². The molecule has 0 saturated heterocycles. The molecule has 0 aliphatic carbocycles. The molecule has 34 heavy (non-hydrogen) atoms. The van der Waals surface area contributed by atoms with E-state index in [9.17, 15) is 10.1 Å². The first-order valence-corrected chi connectivity index (χ1v) is 10.9. The Balaban J connectivity index is 1.51. The third kappa shape index (κ3) is 5.37. The topological polar surface area (TPSA) is 71.3 Å². The van der Waals surface area contributed by atoms with Gasteiger partial charge in [-0.05, 0) is 64.4 Å². The van der Waals surface area contributed by atoms with Gasteiger partial charge in [0.1, 0.15) is 18.2 Å². The molecule has 4 aromatic rings. The maximum absolute atomic E-state index is 12.5. The van der Waals surface area contributed by atoms with Crippen LogP contribution in [0.5, 0.6) is 11.5 Å². The summed E-state index contributed by atoms with van der Waals surface area (Å²) in [6.07, 6.45) is 1.50. The molecule has 0 unspecified atom stereocenters. The molecule has 6 heteroatoms. The van der Waals surface area contributed by atoms with Crippen LogP contribution >= 0.6 is 11.6 Å². The number of methoxy groups -OCH3 is 1. The van der Waals surface area contributed by atoms with E-state index < -0.39 is 5.91 Å². The summed E-state index contributed by atoms with van der Waals surface area (Å²) in [4.78, 5) is 12.5. The summed E-state index contributed by atoms with van der Waals surface area (Å²) in [5.41, 5.74) is 2.21. The van der Waals surface area contributed by atoms with Gasteiger partial charge < -0.3 is 14.8 Å². The Hall–Kier alpha value is -4.27. The second-order valence-corrected chi connectivity index (χ2v) is 7.90. The average Bonchev–Trinajstić information content (AvgIpc) is 2.87.